The third-order valence-electron chi connectivity index (χ3n) is 6.21. The van der Waals surface area contributed by atoms with Crippen LogP contribution >= 0.6 is 15.9 Å². The molecule has 206 valence electrons. The molecule has 0 saturated heterocycles. The minimum atomic E-state index is -0.295. The highest BCUT2D eigenvalue weighted by Crippen LogP contribution is 2.36. The summed E-state index contributed by atoms with van der Waals surface area (Å²) in [4.78, 5) is 30.8. The average Bonchev–Trinajstić information content (AvgIpc) is 2.98. The molecule has 41 heavy (non-hydrogen) atoms. The van der Waals surface area contributed by atoms with Crippen molar-refractivity contribution in [2.24, 2.45) is 5.10 Å². The lowest BCUT2D eigenvalue weighted by molar-refractivity contribution is -0.118. The fraction of sp³-hybridized carbons (Fsp3) is 0.125. The van der Waals surface area contributed by atoms with Crippen LogP contribution in [0.4, 0.5) is 5.69 Å². The second kappa shape index (κ2) is 12.6. The standard InChI is InChI=1S/C32H27BrN4O4/c1-3-40-28-18-22(17-25(33)30(28)41-20-29(38)35-26-15-9-7-11-21(26)2)19-34-37-31(23-12-5-4-6-13-23)36-27-16-10-8-14-24(27)32(37)39/h4-19H,3,20H2,1-2H3,(H,35,38). The Morgan fingerprint density at radius 3 is 2.51 bits per heavy atom. The molecule has 9 heteroatoms. The molecule has 5 aromatic rings. The molecule has 0 spiro atoms. The van der Waals surface area contributed by atoms with E-state index in [1.54, 1.807) is 30.5 Å². The zero-order valence-corrected chi connectivity index (χ0v) is 24.1. The highest BCUT2D eigenvalue weighted by molar-refractivity contribution is 9.10. The van der Waals surface area contributed by atoms with Crippen LogP contribution < -0.4 is 20.3 Å². The third kappa shape index (κ3) is 6.36. The van der Waals surface area contributed by atoms with Crippen LogP contribution in [-0.2, 0) is 4.79 Å². The molecule has 0 fully saturated rings. The van der Waals surface area contributed by atoms with Crippen molar-refractivity contribution in [2.75, 3.05) is 18.5 Å². The number of nitrogens with zero attached hydrogens (tertiary/aromatic N) is 3. The van der Waals surface area contributed by atoms with Gasteiger partial charge < -0.3 is 14.8 Å². The molecule has 1 amide bonds. The van der Waals surface area contributed by atoms with Crippen molar-refractivity contribution in [1.29, 1.82) is 0 Å². The van der Waals surface area contributed by atoms with Gasteiger partial charge in [-0.2, -0.15) is 9.78 Å². The summed E-state index contributed by atoms with van der Waals surface area (Å²) in [5.41, 5.74) is 3.40. The molecule has 0 aliphatic carbocycles. The van der Waals surface area contributed by atoms with Crippen LogP contribution in [0, 0.1) is 6.92 Å². The Bertz CT molecular complexity index is 1800. The fourth-order valence-electron chi connectivity index (χ4n) is 4.23. The topological polar surface area (TPSA) is 94.8 Å². The van der Waals surface area contributed by atoms with Crippen LogP contribution in [0.5, 0.6) is 11.5 Å². The predicted molar refractivity (Wildman–Crippen MR) is 165 cm³/mol. The van der Waals surface area contributed by atoms with E-state index in [9.17, 15) is 9.59 Å². The number of ether oxygens (including phenoxy) is 2. The Morgan fingerprint density at radius 2 is 1.73 bits per heavy atom. The summed E-state index contributed by atoms with van der Waals surface area (Å²) >= 11 is 3.54. The van der Waals surface area contributed by atoms with Crippen molar-refractivity contribution >= 4 is 44.6 Å². The number of halogens is 1. The summed E-state index contributed by atoms with van der Waals surface area (Å²) in [6.07, 6.45) is 1.56. The van der Waals surface area contributed by atoms with Gasteiger partial charge in [0, 0.05) is 11.3 Å². The summed E-state index contributed by atoms with van der Waals surface area (Å²) in [5.74, 6) is 0.947. The Labute approximate surface area is 245 Å². The van der Waals surface area contributed by atoms with Crippen molar-refractivity contribution in [3.8, 4) is 22.9 Å². The van der Waals surface area contributed by atoms with Crippen LogP contribution in [0.3, 0.4) is 0 Å². The van der Waals surface area contributed by atoms with Crippen LogP contribution in [0.15, 0.2) is 105 Å². The lowest BCUT2D eigenvalue weighted by atomic mass is 10.2. The van der Waals surface area contributed by atoms with Gasteiger partial charge in [0.15, 0.2) is 23.9 Å². The molecule has 4 aromatic carbocycles. The zero-order valence-electron chi connectivity index (χ0n) is 22.5. The smallest absolute Gasteiger partial charge is 0.282 e. The number of fused-ring (bicyclic) bond motifs is 1. The van der Waals surface area contributed by atoms with E-state index in [1.807, 2.05) is 80.6 Å². The van der Waals surface area contributed by atoms with Gasteiger partial charge in [-0.3, -0.25) is 9.59 Å². The Balaban J connectivity index is 1.45. The molecule has 8 nitrogen and oxygen atoms in total. The number of para-hydroxylation sites is 2. The molecule has 0 radical (unpaired) electrons. The van der Waals surface area contributed by atoms with Crippen LogP contribution in [0.1, 0.15) is 18.1 Å². The van der Waals surface area contributed by atoms with E-state index < -0.39 is 0 Å². The number of amides is 1. The van der Waals surface area contributed by atoms with Gasteiger partial charge in [-0.1, -0.05) is 60.7 Å². The Morgan fingerprint density at radius 1 is 1.00 bits per heavy atom. The summed E-state index contributed by atoms with van der Waals surface area (Å²) in [6.45, 7) is 3.95. The Hall–Kier alpha value is -4.76. The van der Waals surface area contributed by atoms with Crippen LogP contribution in [0.2, 0.25) is 0 Å². The van der Waals surface area contributed by atoms with E-state index in [0.717, 1.165) is 16.8 Å². The first kappa shape index (κ1) is 27.8. The monoisotopic (exact) mass is 610 g/mol. The van der Waals surface area contributed by atoms with E-state index in [1.165, 1.54) is 4.68 Å². The minimum Gasteiger partial charge on any atom is -0.490 e. The first-order chi connectivity index (χ1) is 19.9. The number of aryl methyl sites for hydroxylation is 1. The number of hydrogen-bond acceptors (Lipinski definition) is 6. The summed E-state index contributed by atoms with van der Waals surface area (Å²) < 4.78 is 13.6. The zero-order chi connectivity index (χ0) is 28.8. The molecular weight excluding hydrogens is 584 g/mol. The third-order valence-corrected chi connectivity index (χ3v) is 6.80. The fourth-order valence-corrected chi connectivity index (χ4v) is 4.81. The van der Waals surface area contributed by atoms with Crippen molar-refractivity contribution < 1.29 is 14.3 Å². The molecule has 1 N–H and O–H groups in total. The molecule has 0 atom stereocenters. The van der Waals surface area contributed by atoms with Gasteiger partial charge in [0.05, 0.1) is 28.2 Å². The highest BCUT2D eigenvalue weighted by atomic mass is 79.9. The van der Waals surface area contributed by atoms with Gasteiger partial charge in [-0.15, -0.1) is 0 Å². The first-order valence-electron chi connectivity index (χ1n) is 13.0. The number of nitrogens with one attached hydrogen (secondary N) is 1. The molecular formula is C32H27BrN4O4. The molecule has 0 saturated carbocycles. The summed E-state index contributed by atoms with van der Waals surface area (Å²) in [6, 6.07) is 27.7. The SMILES string of the molecule is CCOc1cc(C=Nn2c(-c3ccccc3)nc3ccccc3c2=O)cc(Br)c1OCC(=O)Nc1ccccc1C. The largest absolute Gasteiger partial charge is 0.490 e. The Kier molecular flexibility index (Phi) is 8.55. The van der Waals surface area contributed by atoms with Crippen molar-refractivity contribution in [1.82, 2.24) is 9.66 Å². The lowest BCUT2D eigenvalue weighted by Crippen LogP contribution is -2.21. The van der Waals surface area contributed by atoms with E-state index in [-0.39, 0.29) is 18.1 Å². The lowest BCUT2D eigenvalue weighted by Gasteiger charge is -2.15. The quantitative estimate of drug-likeness (QED) is 0.194. The molecule has 5 rings (SSSR count). The number of rotatable bonds is 9. The molecule has 0 aliphatic rings. The number of carbonyl (C=O) groups excluding carboxylic acids is 1. The maximum absolute atomic E-state index is 13.5. The van der Waals surface area contributed by atoms with Crippen LogP contribution in [0.25, 0.3) is 22.3 Å². The van der Waals surface area contributed by atoms with E-state index >= 15 is 0 Å². The van der Waals surface area contributed by atoms with E-state index in [4.69, 9.17) is 14.5 Å². The number of anilines is 1. The highest BCUT2D eigenvalue weighted by Gasteiger charge is 2.16. The molecule has 0 bridgehead atoms. The number of benzene rings is 4. The van der Waals surface area contributed by atoms with Crippen molar-refractivity contribution in [2.45, 2.75) is 13.8 Å². The second-order valence-corrected chi connectivity index (χ2v) is 9.95. The normalized spacial score (nSPS) is 11.1. The number of aromatic nitrogens is 2. The van der Waals surface area contributed by atoms with Crippen LogP contribution in [-0.4, -0.2) is 35.0 Å². The van der Waals surface area contributed by atoms with Gasteiger partial charge in [-0.25, -0.2) is 4.98 Å². The maximum Gasteiger partial charge on any atom is 0.282 e. The van der Waals surface area contributed by atoms with Crippen molar-refractivity contribution in [3.05, 3.63) is 117 Å². The van der Waals surface area contributed by atoms with Gasteiger partial charge in [0.2, 0.25) is 0 Å². The van der Waals surface area contributed by atoms with Crippen molar-refractivity contribution in [3.63, 3.8) is 0 Å². The summed E-state index contributed by atoms with van der Waals surface area (Å²) in [5, 5.41) is 7.86. The van der Waals surface area contributed by atoms with Gasteiger partial charge in [0.1, 0.15) is 0 Å². The molecule has 1 heterocycles. The number of carbonyl (C=O) groups is 1. The van der Waals surface area contributed by atoms with E-state index in [2.05, 4.69) is 26.3 Å². The minimum absolute atomic E-state index is 0.209. The summed E-state index contributed by atoms with van der Waals surface area (Å²) in [7, 11) is 0. The molecule has 1 aromatic heterocycles. The number of hydrogen-bond donors (Lipinski definition) is 1. The average molecular weight is 611 g/mol. The maximum atomic E-state index is 13.5. The molecule has 0 unspecified atom stereocenters. The second-order valence-electron chi connectivity index (χ2n) is 9.09. The molecule has 0 aliphatic heterocycles. The van der Waals surface area contributed by atoms with Gasteiger partial charge in [-0.05, 0) is 71.2 Å². The first-order valence-corrected chi connectivity index (χ1v) is 13.8. The van der Waals surface area contributed by atoms with E-state index in [0.29, 0.717) is 44.9 Å². The van der Waals surface area contributed by atoms with Gasteiger partial charge >= 0.3 is 0 Å². The van der Waals surface area contributed by atoms with Gasteiger partial charge in [0.25, 0.3) is 11.5 Å². The predicted octanol–water partition coefficient (Wildman–Crippen LogP) is 6.43.